The molecule has 0 aliphatic rings. The number of anilines is 1. The van der Waals surface area contributed by atoms with E-state index in [1.807, 2.05) is 0 Å². The van der Waals surface area contributed by atoms with Gasteiger partial charge in [-0.2, -0.15) is 0 Å². The predicted molar refractivity (Wildman–Crippen MR) is 74.0 cm³/mol. The number of carbonyl (C=O) groups is 1. The van der Waals surface area contributed by atoms with Crippen molar-refractivity contribution < 1.29 is 19.0 Å². The lowest BCUT2D eigenvalue weighted by molar-refractivity contribution is 0.102. The van der Waals surface area contributed by atoms with Crippen molar-refractivity contribution >= 4 is 23.2 Å². The maximum atomic E-state index is 13.7. The molecule has 0 aromatic heterocycles. The molecular formula is C14H11ClFNO3. The Kier molecular flexibility index (Phi) is 4.10. The minimum absolute atomic E-state index is 0.0243. The molecule has 4 nitrogen and oxygen atoms in total. The van der Waals surface area contributed by atoms with Crippen molar-refractivity contribution in [3.63, 3.8) is 0 Å². The summed E-state index contributed by atoms with van der Waals surface area (Å²) < 4.78 is 18.7. The van der Waals surface area contributed by atoms with Gasteiger partial charge in [0.05, 0.1) is 23.4 Å². The maximum Gasteiger partial charge on any atom is 0.259 e. The third-order valence-electron chi connectivity index (χ3n) is 2.65. The first kappa shape index (κ1) is 14.1. The van der Waals surface area contributed by atoms with Crippen molar-refractivity contribution in [2.24, 2.45) is 0 Å². The summed E-state index contributed by atoms with van der Waals surface area (Å²) in [6.07, 6.45) is 0. The van der Waals surface area contributed by atoms with Crippen LogP contribution in [0.2, 0.25) is 5.02 Å². The van der Waals surface area contributed by atoms with Gasteiger partial charge in [-0.05, 0) is 30.3 Å². The summed E-state index contributed by atoms with van der Waals surface area (Å²) in [6.45, 7) is 0. The first-order chi connectivity index (χ1) is 9.52. The normalized spacial score (nSPS) is 10.2. The van der Waals surface area contributed by atoms with E-state index in [0.29, 0.717) is 5.75 Å². The summed E-state index contributed by atoms with van der Waals surface area (Å²) in [5.41, 5.74) is -0.0894. The van der Waals surface area contributed by atoms with Crippen molar-refractivity contribution in [2.45, 2.75) is 0 Å². The molecule has 104 valence electrons. The van der Waals surface area contributed by atoms with Crippen LogP contribution in [0.5, 0.6) is 11.5 Å². The van der Waals surface area contributed by atoms with Crippen molar-refractivity contribution in [3.05, 3.63) is 52.8 Å². The quantitative estimate of drug-likeness (QED) is 0.912. The lowest BCUT2D eigenvalue weighted by Gasteiger charge is -2.09. The number of aromatic hydroxyl groups is 1. The second-order valence-corrected chi connectivity index (χ2v) is 4.35. The van der Waals surface area contributed by atoms with Crippen LogP contribution in [0, 0.1) is 5.82 Å². The van der Waals surface area contributed by atoms with Crippen LogP contribution in [-0.4, -0.2) is 18.1 Å². The molecule has 0 spiro atoms. The van der Waals surface area contributed by atoms with Crippen LogP contribution in [0.4, 0.5) is 10.1 Å². The molecule has 2 rings (SSSR count). The van der Waals surface area contributed by atoms with Crippen molar-refractivity contribution in [3.8, 4) is 11.5 Å². The molecule has 6 heteroatoms. The van der Waals surface area contributed by atoms with E-state index in [0.717, 1.165) is 0 Å². The number of rotatable bonds is 3. The number of amides is 1. The Bertz CT molecular complexity index is 661. The highest BCUT2D eigenvalue weighted by atomic mass is 35.5. The number of benzene rings is 2. The molecule has 2 aromatic rings. The number of ether oxygens (including phenoxy) is 1. The number of halogens is 2. The van der Waals surface area contributed by atoms with Gasteiger partial charge in [0.15, 0.2) is 5.82 Å². The maximum absolute atomic E-state index is 13.7. The summed E-state index contributed by atoms with van der Waals surface area (Å²) in [4.78, 5) is 12.0. The Morgan fingerprint density at radius 3 is 2.80 bits per heavy atom. The van der Waals surface area contributed by atoms with Crippen LogP contribution in [0.1, 0.15) is 10.4 Å². The summed E-state index contributed by atoms with van der Waals surface area (Å²) in [5.74, 6) is -1.22. The van der Waals surface area contributed by atoms with Crippen LogP contribution >= 0.6 is 11.6 Å². The molecule has 2 aromatic carbocycles. The van der Waals surface area contributed by atoms with Gasteiger partial charge in [-0.1, -0.05) is 17.7 Å². The molecule has 0 unspecified atom stereocenters. The molecule has 0 aliphatic heterocycles. The number of nitrogens with one attached hydrogen (secondary N) is 1. The van der Waals surface area contributed by atoms with Crippen molar-refractivity contribution in [2.75, 3.05) is 12.4 Å². The van der Waals surface area contributed by atoms with Crippen molar-refractivity contribution in [1.82, 2.24) is 0 Å². The third-order valence-corrected chi connectivity index (χ3v) is 2.94. The average Bonchev–Trinajstić information content (AvgIpc) is 2.44. The average molecular weight is 296 g/mol. The van der Waals surface area contributed by atoms with E-state index in [1.54, 1.807) is 0 Å². The lowest BCUT2D eigenvalue weighted by atomic mass is 10.1. The molecular weight excluding hydrogens is 285 g/mol. The lowest BCUT2D eigenvalue weighted by Crippen LogP contribution is -2.13. The van der Waals surface area contributed by atoms with E-state index in [-0.39, 0.29) is 22.0 Å². The molecule has 0 saturated carbocycles. The second kappa shape index (κ2) is 5.79. The zero-order valence-electron chi connectivity index (χ0n) is 10.5. The molecule has 2 N–H and O–H groups in total. The summed E-state index contributed by atoms with van der Waals surface area (Å²) in [7, 11) is 1.44. The molecule has 0 aliphatic carbocycles. The predicted octanol–water partition coefficient (Wildman–Crippen LogP) is 3.45. The summed E-state index contributed by atoms with van der Waals surface area (Å²) in [6, 6.07) is 8.43. The molecule has 20 heavy (non-hydrogen) atoms. The molecule has 0 heterocycles. The SMILES string of the molecule is COc1ccc(O)c(C(=O)Nc2cccc(Cl)c2F)c1. The van der Waals surface area contributed by atoms with Crippen LogP contribution in [0.15, 0.2) is 36.4 Å². The van der Waals surface area contributed by atoms with E-state index < -0.39 is 11.7 Å². The van der Waals surface area contributed by atoms with Crippen LogP contribution < -0.4 is 10.1 Å². The highest BCUT2D eigenvalue weighted by Gasteiger charge is 2.15. The number of phenolic OH excluding ortho intramolecular Hbond substituents is 1. The molecule has 0 atom stereocenters. The van der Waals surface area contributed by atoms with Gasteiger partial charge >= 0.3 is 0 Å². The molecule has 0 bridgehead atoms. The van der Waals surface area contributed by atoms with Gasteiger partial charge in [-0.15, -0.1) is 0 Å². The van der Waals surface area contributed by atoms with Gasteiger partial charge in [-0.3, -0.25) is 4.79 Å². The number of hydrogen-bond acceptors (Lipinski definition) is 3. The Hall–Kier alpha value is -2.27. The largest absolute Gasteiger partial charge is 0.507 e. The highest BCUT2D eigenvalue weighted by molar-refractivity contribution is 6.31. The Labute approximate surface area is 119 Å². The Morgan fingerprint density at radius 1 is 1.35 bits per heavy atom. The molecule has 1 amide bonds. The van der Waals surface area contributed by atoms with Crippen molar-refractivity contribution in [1.29, 1.82) is 0 Å². The van der Waals surface area contributed by atoms with Gasteiger partial charge in [0.2, 0.25) is 0 Å². The first-order valence-electron chi connectivity index (χ1n) is 5.65. The van der Waals surface area contributed by atoms with E-state index in [1.165, 1.54) is 43.5 Å². The number of carbonyl (C=O) groups excluding carboxylic acids is 1. The summed E-state index contributed by atoms with van der Waals surface area (Å²) in [5, 5.41) is 11.9. The Morgan fingerprint density at radius 2 is 2.10 bits per heavy atom. The van der Waals surface area contributed by atoms with Gasteiger partial charge < -0.3 is 15.2 Å². The van der Waals surface area contributed by atoms with Crippen LogP contribution in [-0.2, 0) is 0 Å². The highest BCUT2D eigenvalue weighted by Crippen LogP contribution is 2.26. The number of phenols is 1. The first-order valence-corrected chi connectivity index (χ1v) is 6.03. The van der Waals surface area contributed by atoms with E-state index in [4.69, 9.17) is 16.3 Å². The fraction of sp³-hybridized carbons (Fsp3) is 0.0714. The molecule has 0 fully saturated rings. The topological polar surface area (TPSA) is 58.6 Å². The van der Waals surface area contributed by atoms with Gasteiger partial charge in [0, 0.05) is 0 Å². The standard InChI is InChI=1S/C14H11ClFNO3/c1-20-8-5-6-12(18)9(7-8)14(19)17-11-4-2-3-10(15)13(11)16/h2-7,18H,1H3,(H,17,19). The minimum Gasteiger partial charge on any atom is -0.507 e. The fourth-order valence-corrected chi connectivity index (χ4v) is 1.79. The zero-order valence-corrected chi connectivity index (χ0v) is 11.2. The van der Waals surface area contributed by atoms with Crippen LogP contribution in [0.25, 0.3) is 0 Å². The van der Waals surface area contributed by atoms with Gasteiger partial charge in [0.1, 0.15) is 11.5 Å². The monoisotopic (exact) mass is 295 g/mol. The molecule has 0 radical (unpaired) electrons. The van der Waals surface area contributed by atoms with E-state index in [2.05, 4.69) is 5.32 Å². The van der Waals surface area contributed by atoms with E-state index in [9.17, 15) is 14.3 Å². The summed E-state index contributed by atoms with van der Waals surface area (Å²) >= 11 is 5.63. The third kappa shape index (κ3) is 2.83. The van der Waals surface area contributed by atoms with E-state index >= 15 is 0 Å². The minimum atomic E-state index is -0.732. The fourth-order valence-electron chi connectivity index (χ4n) is 1.61. The number of methoxy groups -OCH3 is 1. The number of hydrogen-bond donors (Lipinski definition) is 2. The van der Waals surface area contributed by atoms with Gasteiger partial charge in [-0.25, -0.2) is 4.39 Å². The molecule has 0 saturated heterocycles. The van der Waals surface area contributed by atoms with Crippen LogP contribution in [0.3, 0.4) is 0 Å². The van der Waals surface area contributed by atoms with Gasteiger partial charge in [0.25, 0.3) is 5.91 Å². The zero-order chi connectivity index (χ0) is 14.7. The smallest absolute Gasteiger partial charge is 0.259 e. The second-order valence-electron chi connectivity index (χ2n) is 3.94. The Balaban J connectivity index is 2.30.